The Labute approximate surface area is 206 Å². The minimum Gasteiger partial charge on any atom is -0.506 e. The molecule has 2 aromatic carbocycles. The average Bonchev–Trinajstić information content (AvgIpc) is 3.53. The number of aryl methyl sites for hydroxylation is 1. The lowest BCUT2D eigenvalue weighted by Gasteiger charge is -2.49. The smallest absolute Gasteiger partial charge is 0.276 e. The molecule has 5 aliphatic rings. The van der Waals surface area contributed by atoms with Gasteiger partial charge in [-0.3, -0.25) is 4.79 Å². The largest absolute Gasteiger partial charge is 0.506 e. The second kappa shape index (κ2) is 7.16. The topological polar surface area (TPSA) is 136 Å². The Morgan fingerprint density at radius 2 is 2.00 bits per heavy atom. The summed E-state index contributed by atoms with van der Waals surface area (Å²) in [5.41, 5.74) is 1.77. The van der Waals surface area contributed by atoms with Crippen molar-refractivity contribution in [1.82, 2.24) is 0 Å². The van der Waals surface area contributed by atoms with Crippen LogP contribution >= 0.6 is 0 Å². The van der Waals surface area contributed by atoms with E-state index in [4.69, 9.17) is 28.4 Å². The minimum atomic E-state index is -1.47. The van der Waals surface area contributed by atoms with Gasteiger partial charge < -0.3 is 43.7 Å². The lowest BCUT2D eigenvalue weighted by molar-refractivity contribution is -0.313. The van der Waals surface area contributed by atoms with Crippen LogP contribution in [0.2, 0.25) is 0 Å². The van der Waals surface area contributed by atoms with Crippen LogP contribution in [0.5, 0.6) is 11.5 Å². The Kier molecular flexibility index (Phi) is 4.55. The molecule has 10 nitrogen and oxygen atoms in total. The predicted molar refractivity (Wildman–Crippen MR) is 122 cm³/mol. The van der Waals surface area contributed by atoms with Crippen molar-refractivity contribution in [2.24, 2.45) is 0 Å². The maximum atomic E-state index is 12.9. The lowest BCUT2D eigenvalue weighted by Crippen LogP contribution is -2.70. The number of carbonyl (C=O) groups excluding carboxylic acids is 1. The summed E-state index contributed by atoms with van der Waals surface area (Å²) in [7, 11) is 2.95. The number of benzene rings is 2. The maximum Gasteiger partial charge on any atom is 0.276 e. The number of Topliss-reactive ketones (excluding diaryl/α,β-unsaturated/α-hetero) is 1. The number of epoxide rings is 1. The highest BCUT2D eigenvalue weighted by atomic mass is 16.9. The average molecular weight is 501 g/mol. The quantitative estimate of drug-likeness (QED) is 0.519. The van der Waals surface area contributed by atoms with Gasteiger partial charge in [0.05, 0.1) is 30.8 Å². The molecule has 2 aromatic rings. The van der Waals surface area contributed by atoms with E-state index in [0.717, 1.165) is 5.56 Å². The van der Waals surface area contributed by atoms with Gasteiger partial charge in [-0.2, -0.15) is 0 Å². The molecule has 1 spiro atoms. The van der Waals surface area contributed by atoms with E-state index in [-0.39, 0.29) is 36.9 Å². The van der Waals surface area contributed by atoms with Crippen LogP contribution in [0, 0.1) is 6.92 Å². The van der Waals surface area contributed by atoms with Crippen LogP contribution < -0.4 is 4.74 Å². The van der Waals surface area contributed by atoms with E-state index in [2.05, 4.69) is 0 Å². The highest BCUT2D eigenvalue weighted by Gasteiger charge is 2.92. The molecule has 10 heteroatoms. The zero-order chi connectivity index (χ0) is 25.2. The summed E-state index contributed by atoms with van der Waals surface area (Å²) >= 11 is 0. The van der Waals surface area contributed by atoms with Gasteiger partial charge in [0.15, 0.2) is 11.9 Å². The van der Waals surface area contributed by atoms with E-state index in [9.17, 15) is 20.1 Å². The summed E-state index contributed by atoms with van der Waals surface area (Å²) in [5.74, 6) is -2.94. The van der Waals surface area contributed by atoms with Crippen molar-refractivity contribution in [1.29, 1.82) is 0 Å². The van der Waals surface area contributed by atoms with Crippen LogP contribution in [0.3, 0.4) is 0 Å². The molecule has 3 N–H and O–H groups in total. The SMILES string of the molecule is COC(CO)C12OC3c4c(C)cc5c(CO)c6c(c(O)c5c4OC(OC)(C3O1)C21CO1)C(=O)CCC6. The van der Waals surface area contributed by atoms with Crippen LogP contribution in [0.1, 0.15) is 51.6 Å². The summed E-state index contributed by atoms with van der Waals surface area (Å²) in [6, 6.07) is 1.88. The van der Waals surface area contributed by atoms with Crippen LogP contribution in [-0.2, 0) is 36.7 Å². The first-order valence-corrected chi connectivity index (χ1v) is 12.2. The molecule has 4 aliphatic heterocycles. The number of aromatic hydroxyl groups is 1. The van der Waals surface area contributed by atoms with Crippen molar-refractivity contribution < 1.29 is 48.5 Å². The third-order valence-electron chi connectivity index (χ3n) is 8.79. The number of phenolic OH excluding ortho intramolecular Hbond substituents is 1. The Morgan fingerprint density at radius 1 is 1.22 bits per heavy atom. The number of hydrogen-bond donors (Lipinski definition) is 3. The first kappa shape index (κ1) is 22.9. The fourth-order valence-corrected chi connectivity index (χ4v) is 7.15. The summed E-state index contributed by atoms with van der Waals surface area (Å²) in [4.78, 5) is 12.9. The fourth-order valence-electron chi connectivity index (χ4n) is 7.15. The number of rotatable bonds is 5. The molecule has 3 saturated heterocycles. The zero-order valence-corrected chi connectivity index (χ0v) is 20.3. The van der Waals surface area contributed by atoms with E-state index in [1.54, 1.807) is 0 Å². The lowest BCUT2D eigenvalue weighted by atomic mass is 9.76. The third-order valence-corrected chi connectivity index (χ3v) is 8.79. The Hall–Kier alpha value is -2.31. The van der Waals surface area contributed by atoms with Crippen LogP contribution in [-0.4, -0.2) is 77.9 Å². The second-order valence-electron chi connectivity index (χ2n) is 10.2. The van der Waals surface area contributed by atoms with Gasteiger partial charge in [-0.1, -0.05) is 6.07 Å². The van der Waals surface area contributed by atoms with Crippen molar-refractivity contribution in [3.63, 3.8) is 0 Å². The number of ketones is 1. The Morgan fingerprint density at radius 3 is 2.64 bits per heavy atom. The van der Waals surface area contributed by atoms with Gasteiger partial charge in [0, 0.05) is 26.2 Å². The molecule has 0 saturated carbocycles. The van der Waals surface area contributed by atoms with Crippen molar-refractivity contribution in [3.8, 4) is 11.5 Å². The molecular weight excluding hydrogens is 472 g/mol. The van der Waals surface area contributed by atoms with Gasteiger partial charge in [0.2, 0.25) is 11.4 Å². The number of aliphatic hydroxyl groups is 2. The Bertz CT molecular complexity index is 1330. The molecule has 1 aliphatic carbocycles. The van der Waals surface area contributed by atoms with Crippen molar-refractivity contribution in [2.45, 2.75) is 68.3 Å². The van der Waals surface area contributed by atoms with Gasteiger partial charge in [0.25, 0.3) is 5.79 Å². The summed E-state index contributed by atoms with van der Waals surface area (Å²) in [6.07, 6.45) is -0.694. The van der Waals surface area contributed by atoms with Gasteiger partial charge >= 0.3 is 0 Å². The number of carbonyl (C=O) groups is 1. The molecule has 192 valence electrons. The highest BCUT2D eigenvalue weighted by Crippen LogP contribution is 2.71. The number of fused-ring (bicyclic) bond motifs is 8. The highest BCUT2D eigenvalue weighted by molar-refractivity contribution is 6.10. The van der Waals surface area contributed by atoms with Crippen molar-refractivity contribution in [3.05, 3.63) is 33.9 Å². The van der Waals surface area contributed by atoms with Gasteiger partial charge in [0.1, 0.15) is 23.7 Å². The van der Waals surface area contributed by atoms with E-state index in [1.165, 1.54) is 14.2 Å². The first-order chi connectivity index (χ1) is 17.3. The molecule has 3 fully saturated rings. The third kappa shape index (κ3) is 2.27. The van der Waals surface area contributed by atoms with Gasteiger partial charge in [-0.15, -0.1) is 0 Å². The predicted octanol–water partition coefficient (Wildman–Crippen LogP) is 1.54. The molecule has 2 bridgehead atoms. The molecule has 0 amide bonds. The normalized spacial score (nSPS) is 36.2. The summed E-state index contributed by atoms with van der Waals surface area (Å²) in [6.45, 7) is 1.42. The number of aliphatic hydroxyl groups excluding tert-OH is 2. The van der Waals surface area contributed by atoms with Crippen molar-refractivity contribution in [2.75, 3.05) is 27.4 Å². The van der Waals surface area contributed by atoms with E-state index in [1.807, 2.05) is 13.0 Å². The molecule has 0 aromatic heterocycles. The monoisotopic (exact) mass is 500 g/mol. The van der Waals surface area contributed by atoms with Crippen LogP contribution in [0.25, 0.3) is 10.8 Å². The summed E-state index contributed by atoms with van der Waals surface area (Å²) < 4.78 is 37.2. The second-order valence-corrected chi connectivity index (χ2v) is 10.2. The number of phenols is 1. The van der Waals surface area contributed by atoms with E-state index < -0.39 is 35.5 Å². The van der Waals surface area contributed by atoms with Crippen LogP contribution in [0.4, 0.5) is 0 Å². The molecule has 36 heavy (non-hydrogen) atoms. The molecule has 6 atom stereocenters. The number of methoxy groups -OCH3 is 2. The van der Waals surface area contributed by atoms with Gasteiger partial charge in [-0.25, -0.2) is 0 Å². The summed E-state index contributed by atoms with van der Waals surface area (Å²) in [5, 5.41) is 32.9. The molecule has 0 radical (unpaired) electrons. The fraction of sp³-hybridized carbons (Fsp3) is 0.577. The molecule has 7 rings (SSSR count). The van der Waals surface area contributed by atoms with Crippen LogP contribution in [0.15, 0.2) is 6.07 Å². The Balaban J connectivity index is 1.54. The minimum absolute atomic E-state index is 0.161. The van der Waals surface area contributed by atoms with E-state index in [0.29, 0.717) is 52.5 Å². The van der Waals surface area contributed by atoms with E-state index >= 15 is 0 Å². The standard InChI is InChI=1S/C26H28O10/c1-11-7-13-14(8-27)12-5-4-6-15(29)18(12)20(30)19(13)21-17(11)22-23-26(32-3,34-21)24(10-33-24)25(35-22,36-23)16(9-28)31-2/h7,16,22-23,27-28,30H,4-6,8-10H2,1-3H3. The van der Waals surface area contributed by atoms with Gasteiger partial charge in [-0.05, 0) is 41.8 Å². The number of hydrogen-bond acceptors (Lipinski definition) is 10. The van der Waals surface area contributed by atoms with Crippen molar-refractivity contribution >= 4 is 16.6 Å². The first-order valence-electron chi connectivity index (χ1n) is 12.2. The maximum absolute atomic E-state index is 12.9. The molecular formula is C26H28O10. The zero-order valence-electron chi connectivity index (χ0n) is 20.3. The molecule has 6 unspecified atom stereocenters. The number of ether oxygens (including phenoxy) is 6. The molecule has 4 heterocycles.